The molecule has 0 aliphatic carbocycles. The molecule has 1 saturated heterocycles. The lowest BCUT2D eigenvalue weighted by atomic mass is 9.83. The summed E-state index contributed by atoms with van der Waals surface area (Å²) in [6.07, 6.45) is 0. The monoisotopic (exact) mass is 629 g/mol. The lowest BCUT2D eigenvalue weighted by Crippen LogP contribution is -2.32. The van der Waals surface area contributed by atoms with Crippen LogP contribution in [0.15, 0.2) is 82.6 Å². The van der Waals surface area contributed by atoms with Crippen molar-refractivity contribution in [3.8, 4) is 5.75 Å². The van der Waals surface area contributed by atoms with Crippen molar-refractivity contribution in [1.82, 2.24) is 4.98 Å². The Hall–Kier alpha value is -4.68. The molecule has 1 fully saturated rings. The Bertz CT molecular complexity index is 1810. The third kappa shape index (κ3) is 5.65. The summed E-state index contributed by atoms with van der Waals surface area (Å²) in [7, 11) is 0. The number of aromatic nitrogens is 1. The Morgan fingerprint density at radius 1 is 0.977 bits per heavy atom. The van der Waals surface area contributed by atoms with E-state index in [-0.39, 0.29) is 29.9 Å². The second-order valence-electron chi connectivity index (χ2n) is 10.3. The molecule has 6 rings (SSSR count). The van der Waals surface area contributed by atoms with Crippen LogP contribution in [0.4, 0.5) is 11.4 Å². The molecule has 12 heteroatoms. The van der Waals surface area contributed by atoms with Crippen molar-refractivity contribution in [2.75, 3.05) is 23.4 Å². The van der Waals surface area contributed by atoms with E-state index in [1.54, 1.807) is 61.5 Å². The predicted octanol–water partition coefficient (Wildman–Crippen LogP) is 4.73. The number of hydrogen-bond donors (Lipinski definition) is 2. The third-order valence-corrected chi connectivity index (χ3v) is 9.78. The number of hydrogen-bond acceptors (Lipinski definition) is 9. The fourth-order valence-corrected chi connectivity index (χ4v) is 7.89. The summed E-state index contributed by atoms with van der Waals surface area (Å²) < 4.78 is 10.8. The van der Waals surface area contributed by atoms with Crippen LogP contribution in [-0.4, -0.2) is 47.1 Å². The molecule has 0 bridgehead atoms. The first-order valence-electron chi connectivity index (χ1n) is 13.9. The minimum atomic E-state index is -0.733. The number of thiazole rings is 1. The molecular formula is C32H27N3O7S2. The van der Waals surface area contributed by atoms with Gasteiger partial charge in [0.25, 0.3) is 5.91 Å². The average molecular weight is 630 g/mol. The second-order valence-corrected chi connectivity index (χ2v) is 12.5. The largest absolute Gasteiger partial charge is 0.484 e. The van der Waals surface area contributed by atoms with Gasteiger partial charge in [0.05, 0.1) is 28.8 Å². The highest BCUT2D eigenvalue weighted by Crippen LogP contribution is 2.53. The number of H-pyrrole nitrogens is 1. The number of aromatic amines is 1. The van der Waals surface area contributed by atoms with Gasteiger partial charge in [0.15, 0.2) is 6.61 Å². The molecule has 0 saturated carbocycles. The van der Waals surface area contributed by atoms with Crippen LogP contribution in [0.5, 0.6) is 5.75 Å². The molecule has 2 aliphatic rings. The number of benzene rings is 3. The molecule has 0 unspecified atom stereocenters. The molecule has 0 radical (unpaired) electrons. The molecule has 0 spiro atoms. The van der Waals surface area contributed by atoms with Gasteiger partial charge in [-0.25, -0.2) is 9.69 Å². The van der Waals surface area contributed by atoms with Crippen molar-refractivity contribution >= 4 is 58.2 Å². The first-order valence-corrected chi connectivity index (χ1v) is 15.6. The van der Waals surface area contributed by atoms with Crippen LogP contribution in [0.3, 0.4) is 0 Å². The topological polar surface area (TPSA) is 135 Å². The summed E-state index contributed by atoms with van der Waals surface area (Å²) in [5, 5.41) is 2.60. The fraction of sp³-hybridized carbons (Fsp3) is 0.219. The predicted molar refractivity (Wildman–Crippen MR) is 167 cm³/mol. The van der Waals surface area contributed by atoms with Crippen LogP contribution < -0.4 is 19.8 Å². The van der Waals surface area contributed by atoms with Gasteiger partial charge in [-0.3, -0.25) is 19.2 Å². The quantitative estimate of drug-likeness (QED) is 0.211. The van der Waals surface area contributed by atoms with Gasteiger partial charge in [-0.15, -0.1) is 0 Å². The zero-order valence-electron chi connectivity index (χ0n) is 23.7. The van der Waals surface area contributed by atoms with Crippen LogP contribution in [0, 0.1) is 12.8 Å². The van der Waals surface area contributed by atoms with Crippen LogP contribution in [0.2, 0.25) is 0 Å². The Morgan fingerprint density at radius 3 is 2.45 bits per heavy atom. The molecule has 2 aliphatic heterocycles. The van der Waals surface area contributed by atoms with Gasteiger partial charge in [-0.05, 0) is 67.9 Å². The number of fused-ring (bicyclic) bond motifs is 2. The van der Waals surface area contributed by atoms with Gasteiger partial charge in [-0.2, -0.15) is 0 Å². The lowest BCUT2D eigenvalue weighted by molar-refractivity contribution is -0.122. The van der Waals surface area contributed by atoms with Crippen LogP contribution >= 0.6 is 23.1 Å². The zero-order chi connectivity index (χ0) is 31.0. The number of esters is 1. The number of carbonyl (C=O) groups excluding carboxylic acids is 4. The molecule has 3 amide bonds. The lowest BCUT2D eigenvalue weighted by Gasteiger charge is -2.30. The number of aryl methyl sites for hydroxylation is 1. The number of thioether (sulfide) groups is 1. The number of rotatable bonds is 8. The average Bonchev–Trinajstić information content (AvgIpc) is 3.51. The number of nitrogens with one attached hydrogen (secondary N) is 2. The van der Waals surface area contributed by atoms with Gasteiger partial charge in [-0.1, -0.05) is 52.9 Å². The van der Waals surface area contributed by atoms with Crippen molar-refractivity contribution in [2.45, 2.75) is 30.0 Å². The van der Waals surface area contributed by atoms with Crippen LogP contribution in [0.25, 0.3) is 0 Å². The van der Waals surface area contributed by atoms with E-state index in [2.05, 4.69) is 10.3 Å². The van der Waals surface area contributed by atoms with Crippen LogP contribution in [0.1, 0.15) is 39.2 Å². The van der Waals surface area contributed by atoms with Crippen molar-refractivity contribution in [2.24, 2.45) is 5.92 Å². The van der Waals surface area contributed by atoms with Crippen molar-refractivity contribution in [3.05, 3.63) is 104 Å². The van der Waals surface area contributed by atoms with E-state index in [0.717, 1.165) is 16.9 Å². The van der Waals surface area contributed by atoms with Gasteiger partial charge < -0.3 is 19.8 Å². The number of imide groups is 1. The Kier molecular flexibility index (Phi) is 8.11. The Morgan fingerprint density at radius 2 is 1.73 bits per heavy atom. The summed E-state index contributed by atoms with van der Waals surface area (Å²) >= 11 is 2.24. The first kappa shape index (κ1) is 29.4. The van der Waals surface area contributed by atoms with Gasteiger partial charge in [0.1, 0.15) is 11.0 Å². The SMILES string of the molecule is CCOC(=O)c1ccc(NC(=O)COc2cccc([C@@H]3c4sc(=O)[nH]c4S[C@H]4C(=O)N(c5ccc(C)cc5)C(=O)[C@@H]34)c2)cc1. The number of carbonyl (C=O) groups is 4. The van der Waals surface area contributed by atoms with Gasteiger partial charge >= 0.3 is 10.8 Å². The second kappa shape index (κ2) is 12.1. The molecule has 224 valence electrons. The molecule has 3 aromatic carbocycles. The summed E-state index contributed by atoms with van der Waals surface area (Å²) in [5.74, 6) is -2.41. The maximum Gasteiger partial charge on any atom is 0.338 e. The smallest absolute Gasteiger partial charge is 0.338 e. The number of amides is 3. The molecule has 1 aromatic heterocycles. The highest BCUT2D eigenvalue weighted by Gasteiger charge is 2.56. The standard InChI is InChI=1S/C32H27N3O7S2/c1-3-41-31(39)18-9-11-20(12-10-18)33-23(36)16-42-22-6-4-5-19(15-22)24-25-27(43-28-26(24)44-32(40)34-28)30(38)35(29(25)37)21-13-7-17(2)8-14-21/h4-15,24-25,27H,3,16H2,1-2H3,(H,33,36)(H,34,40)/t24-,25-,27+/m0/s1. The summed E-state index contributed by atoms with van der Waals surface area (Å²) in [4.78, 5) is 68.9. The van der Waals surface area contributed by atoms with E-state index < -0.39 is 29.0 Å². The van der Waals surface area contributed by atoms with Crippen molar-refractivity contribution < 1.29 is 28.7 Å². The molecule has 44 heavy (non-hydrogen) atoms. The third-order valence-electron chi connectivity index (χ3n) is 7.38. The van der Waals surface area contributed by atoms with E-state index in [1.807, 2.05) is 25.1 Å². The summed E-state index contributed by atoms with van der Waals surface area (Å²) in [6, 6.07) is 20.6. The maximum absolute atomic E-state index is 13.9. The summed E-state index contributed by atoms with van der Waals surface area (Å²) in [5.41, 5.74) is 3.07. The number of anilines is 2. The van der Waals surface area contributed by atoms with E-state index >= 15 is 0 Å². The minimum absolute atomic E-state index is 0.262. The number of nitrogens with zero attached hydrogens (tertiary/aromatic N) is 1. The summed E-state index contributed by atoms with van der Waals surface area (Å²) in [6.45, 7) is 3.63. The van der Waals surface area contributed by atoms with Gasteiger partial charge in [0.2, 0.25) is 11.8 Å². The van der Waals surface area contributed by atoms with Crippen LogP contribution in [-0.2, 0) is 19.1 Å². The normalized spacial score (nSPS) is 18.9. The highest BCUT2D eigenvalue weighted by molar-refractivity contribution is 8.00. The first-order chi connectivity index (χ1) is 21.2. The van der Waals surface area contributed by atoms with E-state index in [0.29, 0.717) is 38.2 Å². The molecule has 10 nitrogen and oxygen atoms in total. The zero-order valence-corrected chi connectivity index (χ0v) is 25.3. The Balaban J connectivity index is 1.21. The van der Waals surface area contributed by atoms with E-state index in [4.69, 9.17) is 9.47 Å². The molecule has 3 heterocycles. The minimum Gasteiger partial charge on any atom is -0.484 e. The molecular weight excluding hydrogens is 603 g/mol. The highest BCUT2D eigenvalue weighted by atomic mass is 32.2. The van der Waals surface area contributed by atoms with E-state index in [1.165, 1.54) is 16.7 Å². The molecule has 4 aromatic rings. The van der Waals surface area contributed by atoms with Crippen molar-refractivity contribution in [3.63, 3.8) is 0 Å². The molecule has 2 N–H and O–H groups in total. The van der Waals surface area contributed by atoms with Crippen molar-refractivity contribution in [1.29, 1.82) is 0 Å². The fourth-order valence-electron chi connectivity index (χ4n) is 5.37. The number of ether oxygens (including phenoxy) is 2. The van der Waals surface area contributed by atoms with Gasteiger partial charge in [0, 0.05) is 16.5 Å². The molecule has 3 atom stereocenters. The maximum atomic E-state index is 13.9. The van der Waals surface area contributed by atoms with E-state index in [9.17, 15) is 24.0 Å². The Labute approximate surface area is 260 Å².